The Bertz CT molecular complexity index is 793. The summed E-state index contributed by atoms with van der Waals surface area (Å²) in [6.07, 6.45) is 1.38. The molecular formula is C15H13N3O4S. The highest BCUT2D eigenvalue weighted by atomic mass is 32.1. The Morgan fingerprint density at radius 2 is 2.00 bits per heavy atom. The molecule has 1 aromatic heterocycles. The van der Waals surface area contributed by atoms with Crippen LogP contribution in [-0.2, 0) is 4.79 Å². The molecule has 0 amide bonds. The molecule has 0 saturated heterocycles. The van der Waals surface area contributed by atoms with Gasteiger partial charge in [0.1, 0.15) is 16.6 Å². The molecule has 0 unspecified atom stereocenters. The van der Waals surface area contributed by atoms with E-state index in [0.717, 1.165) is 11.3 Å². The zero-order valence-corrected chi connectivity index (χ0v) is 12.9. The Balaban J connectivity index is 2.09. The molecule has 1 heterocycles. The van der Waals surface area contributed by atoms with Crippen molar-refractivity contribution in [2.75, 3.05) is 0 Å². The van der Waals surface area contributed by atoms with Crippen LogP contribution in [0.2, 0.25) is 0 Å². The lowest BCUT2D eigenvalue weighted by molar-refractivity contribution is -0.132. The Morgan fingerprint density at radius 1 is 1.35 bits per heavy atom. The van der Waals surface area contributed by atoms with Crippen LogP contribution in [0.1, 0.15) is 28.0 Å². The largest absolute Gasteiger partial charge is 0.478 e. The van der Waals surface area contributed by atoms with E-state index in [-0.39, 0.29) is 17.1 Å². The quantitative estimate of drug-likeness (QED) is 0.253. The minimum Gasteiger partial charge on any atom is -0.478 e. The fraction of sp³-hybridized carbons (Fsp3) is 0.0667. The van der Waals surface area contributed by atoms with Gasteiger partial charge in [0.15, 0.2) is 5.69 Å². The molecule has 8 heteroatoms. The molecule has 0 bridgehead atoms. The molecule has 0 atom stereocenters. The maximum Gasteiger partial charge on any atom is 0.363 e. The first-order valence-electron chi connectivity index (χ1n) is 6.40. The molecule has 118 valence electrons. The van der Waals surface area contributed by atoms with Crippen LogP contribution in [0.25, 0.3) is 6.08 Å². The van der Waals surface area contributed by atoms with E-state index in [1.165, 1.54) is 30.5 Å². The number of hydrogen-bond donors (Lipinski definition) is 3. The number of nitrogens with one attached hydrogen (secondary N) is 1. The molecule has 0 fully saturated rings. The number of aliphatic carboxylic acids is 1. The maximum atomic E-state index is 12.0. The van der Waals surface area contributed by atoms with Crippen LogP contribution in [-0.4, -0.2) is 27.9 Å². The minimum atomic E-state index is -1.05. The summed E-state index contributed by atoms with van der Waals surface area (Å²) in [6, 6.07) is 6.18. The monoisotopic (exact) mass is 331 g/mol. The lowest BCUT2D eigenvalue weighted by Crippen LogP contribution is -2.11. The summed E-state index contributed by atoms with van der Waals surface area (Å²) in [4.78, 5) is 26.8. The van der Waals surface area contributed by atoms with Gasteiger partial charge in [-0.1, -0.05) is 0 Å². The van der Waals surface area contributed by atoms with Crippen LogP contribution in [0.15, 0.2) is 35.2 Å². The number of nitrogens with two attached hydrogens (primary N) is 1. The molecule has 7 nitrogen and oxygen atoms in total. The molecule has 0 aliphatic heterocycles. The number of hydrogen-bond acceptors (Lipinski definition) is 6. The van der Waals surface area contributed by atoms with Crippen LogP contribution < -0.4 is 10.5 Å². The van der Waals surface area contributed by atoms with Gasteiger partial charge in [0.25, 0.3) is 0 Å². The van der Waals surface area contributed by atoms with Crippen LogP contribution in [0.3, 0.4) is 0 Å². The summed E-state index contributed by atoms with van der Waals surface area (Å²) in [5.41, 5.74) is 6.08. The number of benzene rings is 1. The third-order valence-electron chi connectivity index (χ3n) is 2.78. The summed E-state index contributed by atoms with van der Waals surface area (Å²) >= 11 is 1.14. The normalized spacial score (nSPS) is 11.1. The average Bonchev–Trinajstić information content (AvgIpc) is 2.96. The Morgan fingerprint density at radius 3 is 2.57 bits per heavy atom. The Hall–Kier alpha value is -3.00. The Kier molecular flexibility index (Phi) is 4.87. The minimum absolute atomic E-state index is 0.0763. The van der Waals surface area contributed by atoms with Gasteiger partial charge in [0, 0.05) is 16.5 Å². The second-order valence-electron chi connectivity index (χ2n) is 4.53. The standard InChI is InChI=1S/C15H13N3O4S/c1-8(14(19)20)6-12-18-11(7-23-12)15(21)22-10-4-2-9(3-5-10)13(16)17/h2-7H,1H3,(H3,16,17)(H,19,20)/b8-6+. The lowest BCUT2D eigenvalue weighted by Gasteiger charge is -2.03. The van der Waals surface area contributed by atoms with Gasteiger partial charge < -0.3 is 15.6 Å². The average molecular weight is 331 g/mol. The fourth-order valence-corrected chi connectivity index (χ4v) is 2.33. The van der Waals surface area contributed by atoms with E-state index >= 15 is 0 Å². The van der Waals surface area contributed by atoms with Gasteiger partial charge in [-0.3, -0.25) is 5.41 Å². The Labute approximate surface area is 135 Å². The van der Waals surface area contributed by atoms with Gasteiger partial charge in [-0.05, 0) is 37.3 Å². The molecular weight excluding hydrogens is 318 g/mol. The summed E-state index contributed by atoms with van der Waals surface area (Å²) in [5, 5.41) is 18.0. The highest BCUT2D eigenvalue weighted by molar-refractivity contribution is 7.10. The van der Waals surface area contributed by atoms with E-state index in [0.29, 0.717) is 16.3 Å². The molecule has 1 aromatic carbocycles. The predicted octanol–water partition coefficient (Wildman–Crippen LogP) is 2.13. The second-order valence-corrected chi connectivity index (χ2v) is 5.42. The molecule has 0 aliphatic rings. The topological polar surface area (TPSA) is 126 Å². The summed E-state index contributed by atoms with van der Waals surface area (Å²) in [5.74, 6) is -1.47. The lowest BCUT2D eigenvalue weighted by atomic mass is 10.2. The predicted molar refractivity (Wildman–Crippen MR) is 85.8 cm³/mol. The number of rotatable bonds is 5. The first-order valence-corrected chi connectivity index (χ1v) is 7.28. The smallest absolute Gasteiger partial charge is 0.363 e. The van der Waals surface area contributed by atoms with E-state index in [4.69, 9.17) is 21.0 Å². The number of amidine groups is 1. The number of carboxylic acids is 1. The highest BCUT2D eigenvalue weighted by Gasteiger charge is 2.13. The molecule has 0 radical (unpaired) electrons. The SMILES string of the molecule is C/C(=C\c1nc(C(=O)Oc2ccc(C(=N)N)cc2)cs1)C(=O)O. The van der Waals surface area contributed by atoms with Crippen molar-refractivity contribution >= 4 is 35.2 Å². The van der Waals surface area contributed by atoms with Crippen molar-refractivity contribution in [3.63, 3.8) is 0 Å². The van der Waals surface area contributed by atoms with Crippen LogP contribution >= 0.6 is 11.3 Å². The molecule has 2 rings (SSSR count). The van der Waals surface area contributed by atoms with Gasteiger partial charge in [0.05, 0.1) is 0 Å². The van der Waals surface area contributed by atoms with Crippen molar-refractivity contribution < 1.29 is 19.4 Å². The molecule has 0 spiro atoms. The van der Waals surface area contributed by atoms with Crippen LogP contribution in [0.4, 0.5) is 0 Å². The highest BCUT2D eigenvalue weighted by Crippen LogP contribution is 2.17. The first-order chi connectivity index (χ1) is 10.9. The summed E-state index contributed by atoms with van der Waals surface area (Å²) in [6.45, 7) is 1.44. The zero-order valence-electron chi connectivity index (χ0n) is 12.1. The van der Waals surface area contributed by atoms with Crippen LogP contribution in [0.5, 0.6) is 5.75 Å². The van der Waals surface area contributed by atoms with Crippen molar-refractivity contribution in [3.05, 3.63) is 51.5 Å². The number of carbonyl (C=O) groups excluding carboxylic acids is 1. The second kappa shape index (κ2) is 6.84. The molecule has 23 heavy (non-hydrogen) atoms. The van der Waals surface area contributed by atoms with Gasteiger partial charge in [-0.25, -0.2) is 14.6 Å². The molecule has 0 saturated carbocycles. The molecule has 4 N–H and O–H groups in total. The fourth-order valence-electron chi connectivity index (χ4n) is 1.56. The van der Waals surface area contributed by atoms with E-state index in [1.807, 2.05) is 0 Å². The number of ether oxygens (including phenoxy) is 1. The number of nitrogen functional groups attached to an aromatic ring is 1. The number of esters is 1. The van der Waals surface area contributed by atoms with Crippen molar-refractivity contribution in [1.82, 2.24) is 4.98 Å². The third-order valence-corrected chi connectivity index (χ3v) is 3.58. The van der Waals surface area contributed by atoms with E-state index in [9.17, 15) is 9.59 Å². The van der Waals surface area contributed by atoms with Crippen molar-refractivity contribution in [2.24, 2.45) is 5.73 Å². The van der Waals surface area contributed by atoms with E-state index in [1.54, 1.807) is 12.1 Å². The van der Waals surface area contributed by atoms with Crippen molar-refractivity contribution in [1.29, 1.82) is 5.41 Å². The number of carboxylic acid groups (broad SMARTS) is 1. The van der Waals surface area contributed by atoms with Gasteiger partial charge in [-0.15, -0.1) is 11.3 Å². The van der Waals surface area contributed by atoms with Crippen molar-refractivity contribution in [3.8, 4) is 5.75 Å². The van der Waals surface area contributed by atoms with E-state index < -0.39 is 11.9 Å². The summed E-state index contributed by atoms with van der Waals surface area (Å²) < 4.78 is 5.16. The van der Waals surface area contributed by atoms with E-state index in [2.05, 4.69) is 4.98 Å². The van der Waals surface area contributed by atoms with Gasteiger partial charge in [0.2, 0.25) is 0 Å². The number of aromatic nitrogens is 1. The van der Waals surface area contributed by atoms with Gasteiger partial charge >= 0.3 is 11.9 Å². The number of nitrogens with zero attached hydrogens (tertiary/aromatic N) is 1. The van der Waals surface area contributed by atoms with Gasteiger partial charge in [-0.2, -0.15) is 0 Å². The summed E-state index contributed by atoms with van der Waals surface area (Å²) in [7, 11) is 0. The zero-order chi connectivity index (χ0) is 17.0. The number of carbonyl (C=O) groups is 2. The first kappa shape index (κ1) is 16.4. The third kappa shape index (κ3) is 4.24. The van der Waals surface area contributed by atoms with Crippen LogP contribution in [0, 0.1) is 5.41 Å². The van der Waals surface area contributed by atoms with Crippen molar-refractivity contribution in [2.45, 2.75) is 6.92 Å². The number of thiazole rings is 1. The molecule has 0 aliphatic carbocycles. The molecule has 2 aromatic rings. The maximum absolute atomic E-state index is 12.0.